The van der Waals surface area contributed by atoms with Gasteiger partial charge < -0.3 is 14.5 Å². The van der Waals surface area contributed by atoms with Crippen molar-refractivity contribution in [1.29, 1.82) is 0 Å². The molecule has 1 N–H and O–H groups in total. The topological polar surface area (TPSA) is 34.4 Å². The van der Waals surface area contributed by atoms with Gasteiger partial charge in [-0.05, 0) is 30.5 Å². The Bertz CT molecular complexity index is 578. The summed E-state index contributed by atoms with van der Waals surface area (Å²) in [5.74, 6) is 0.889. The second kappa shape index (κ2) is 5.88. The molecule has 0 atom stereocenters. The van der Waals surface area contributed by atoms with Crippen LogP contribution in [0.2, 0.25) is 0 Å². The number of hydrogen-bond donors (Lipinski definition) is 1. The van der Waals surface area contributed by atoms with Crippen LogP contribution in [0.3, 0.4) is 0 Å². The molecule has 0 amide bonds. The Balaban J connectivity index is 2.48. The molecule has 2 rings (SSSR count). The zero-order valence-electron chi connectivity index (χ0n) is 13.2. The van der Waals surface area contributed by atoms with Gasteiger partial charge in [-0.25, -0.2) is 0 Å². The molecule has 3 heteroatoms. The Morgan fingerprint density at radius 3 is 2.60 bits per heavy atom. The SMILES string of the molecule is CCCNCc1coc2c(C(C)(C)C)cc(OC)cc12. The lowest BCUT2D eigenvalue weighted by atomic mass is 9.85. The van der Waals surface area contributed by atoms with Crippen LogP contribution in [0.25, 0.3) is 11.0 Å². The number of ether oxygens (including phenoxy) is 1. The van der Waals surface area contributed by atoms with Gasteiger partial charge in [0.1, 0.15) is 11.3 Å². The van der Waals surface area contributed by atoms with Gasteiger partial charge in [-0.1, -0.05) is 27.7 Å². The predicted molar refractivity (Wildman–Crippen MR) is 83.5 cm³/mol. The monoisotopic (exact) mass is 275 g/mol. The summed E-state index contributed by atoms with van der Waals surface area (Å²) in [5, 5.41) is 4.58. The number of nitrogens with one attached hydrogen (secondary N) is 1. The summed E-state index contributed by atoms with van der Waals surface area (Å²) in [5.41, 5.74) is 3.39. The van der Waals surface area contributed by atoms with Crippen LogP contribution in [0.1, 0.15) is 45.2 Å². The molecule has 0 bridgehead atoms. The summed E-state index contributed by atoms with van der Waals surface area (Å²) >= 11 is 0. The highest BCUT2D eigenvalue weighted by molar-refractivity contribution is 5.86. The maximum absolute atomic E-state index is 5.84. The van der Waals surface area contributed by atoms with E-state index in [-0.39, 0.29) is 5.41 Å². The first kappa shape index (κ1) is 14.9. The van der Waals surface area contributed by atoms with Crippen molar-refractivity contribution in [3.05, 3.63) is 29.5 Å². The Morgan fingerprint density at radius 2 is 2.00 bits per heavy atom. The van der Waals surface area contributed by atoms with Crippen LogP contribution in [0.15, 0.2) is 22.8 Å². The summed E-state index contributed by atoms with van der Waals surface area (Å²) < 4.78 is 11.3. The van der Waals surface area contributed by atoms with Gasteiger partial charge >= 0.3 is 0 Å². The van der Waals surface area contributed by atoms with E-state index in [1.807, 2.05) is 6.26 Å². The van der Waals surface area contributed by atoms with Gasteiger partial charge in [0.05, 0.1) is 13.4 Å². The van der Waals surface area contributed by atoms with Crippen LogP contribution in [0.5, 0.6) is 5.75 Å². The van der Waals surface area contributed by atoms with Crippen molar-refractivity contribution in [3.8, 4) is 5.75 Å². The zero-order chi connectivity index (χ0) is 14.8. The molecule has 2 aromatic rings. The maximum Gasteiger partial charge on any atom is 0.138 e. The van der Waals surface area contributed by atoms with E-state index >= 15 is 0 Å². The molecule has 0 fully saturated rings. The molecule has 3 nitrogen and oxygen atoms in total. The Kier molecular flexibility index (Phi) is 4.39. The molecule has 1 heterocycles. The van der Waals surface area contributed by atoms with Gasteiger partial charge in [-0.3, -0.25) is 0 Å². The highest BCUT2D eigenvalue weighted by Crippen LogP contribution is 2.36. The molecule has 0 aliphatic heterocycles. The molecule has 0 unspecified atom stereocenters. The molecule has 0 aliphatic rings. The van der Waals surface area contributed by atoms with Crippen molar-refractivity contribution < 1.29 is 9.15 Å². The van der Waals surface area contributed by atoms with Crippen LogP contribution in [0, 0.1) is 0 Å². The van der Waals surface area contributed by atoms with Crippen molar-refractivity contribution in [2.75, 3.05) is 13.7 Å². The van der Waals surface area contributed by atoms with Crippen molar-refractivity contribution in [2.45, 2.75) is 46.1 Å². The van der Waals surface area contributed by atoms with Gasteiger partial charge in [0.25, 0.3) is 0 Å². The van der Waals surface area contributed by atoms with Crippen molar-refractivity contribution >= 4 is 11.0 Å². The van der Waals surface area contributed by atoms with Crippen molar-refractivity contribution in [2.24, 2.45) is 0 Å². The summed E-state index contributed by atoms with van der Waals surface area (Å²) in [6, 6.07) is 4.14. The van der Waals surface area contributed by atoms with Crippen LogP contribution < -0.4 is 10.1 Å². The van der Waals surface area contributed by atoms with E-state index in [1.54, 1.807) is 7.11 Å². The third kappa shape index (κ3) is 2.98. The molecule has 0 aliphatic carbocycles. The Labute approximate surface area is 121 Å². The van der Waals surface area contributed by atoms with Gasteiger partial charge in [0, 0.05) is 23.1 Å². The summed E-state index contributed by atoms with van der Waals surface area (Å²) in [6.07, 6.45) is 2.99. The van der Waals surface area contributed by atoms with Gasteiger partial charge in [0.15, 0.2) is 0 Å². The number of methoxy groups -OCH3 is 1. The minimum Gasteiger partial charge on any atom is -0.497 e. The minimum absolute atomic E-state index is 0.0265. The normalized spacial score (nSPS) is 12.1. The van der Waals surface area contributed by atoms with E-state index in [0.29, 0.717) is 0 Å². The average Bonchev–Trinajstić information content (AvgIpc) is 2.80. The fourth-order valence-corrected chi connectivity index (χ4v) is 2.37. The van der Waals surface area contributed by atoms with Crippen molar-refractivity contribution in [1.82, 2.24) is 5.32 Å². The molecule has 0 radical (unpaired) electrons. The molecule has 0 spiro atoms. The van der Waals surface area contributed by atoms with Crippen molar-refractivity contribution in [3.63, 3.8) is 0 Å². The Hall–Kier alpha value is -1.48. The summed E-state index contributed by atoms with van der Waals surface area (Å²) in [7, 11) is 1.71. The first-order valence-corrected chi connectivity index (χ1v) is 7.26. The lowest BCUT2D eigenvalue weighted by Crippen LogP contribution is -2.14. The largest absolute Gasteiger partial charge is 0.497 e. The molecule has 1 aromatic carbocycles. The molecule has 20 heavy (non-hydrogen) atoms. The molecular formula is C17H25NO2. The zero-order valence-corrected chi connectivity index (χ0v) is 13.2. The van der Waals surface area contributed by atoms with Gasteiger partial charge in [-0.15, -0.1) is 0 Å². The molecule has 0 saturated carbocycles. The number of rotatable bonds is 5. The van der Waals surface area contributed by atoms with E-state index in [0.717, 1.165) is 36.2 Å². The number of benzene rings is 1. The van der Waals surface area contributed by atoms with E-state index in [4.69, 9.17) is 9.15 Å². The molecule has 0 saturated heterocycles. The third-order valence-electron chi connectivity index (χ3n) is 3.51. The number of furan rings is 1. The van der Waals surface area contributed by atoms with Crippen LogP contribution in [-0.4, -0.2) is 13.7 Å². The standard InChI is InChI=1S/C17H25NO2/c1-6-7-18-10-12-11-20-16-14(12)8-13(19-5)9-15(16)17(2,3)4/h8-9,11,18H,6-7,10H2,1-5H3. The van der Waals surface area contributed by atoms with E-state index in [9.17, 15) is 0 Å². The second-order valence-electron chi connectivity index (χ2n) is 6.24. The smallest absolute Gasteiger partial charge is 0.138 e. The van der Waals surface area contributed by atoms with Crippen LogP contribution >= 0.6 is 0 Å². The van der Waals surface area contributed by atoms with Gasteiger partial charge in [0.2, 0.25) is 0 Å². The fraction of sp³-hybridized carbons (Fsp3) is 0.529. The van der Waals surface area contributed by atoms with Crippen LogP contribution in [0.4, 0.5) is 0 Å². The third-order valence-corrected chi connectivity index (χ3v) is 3.51. The number of hydrogen-bond acceptors (Lipinski definition) is 3. The summed E-state index contributed by atoms with van der Waals surface area (Å²) in [6.45, 7) is 10.6. The average molecular weight is 275 g/mol. The first-order valence-electron chi connectivity index (χ1n) is 7.26. The van der Waals surface area contributed by atoms with E-state index < -0.39 is 0 Å². The van der Waals surface area contributed by atoms with Gasteiger partial charge in [-0.2, -0.15) is 0 Å². The molecule has 110 valence electrons. The van der Waals surface area contributed by atoms with E-state index in [1.165, 1.54) is 11.1 Å². The highest BCUT2D eigenvalue weighted by Gasteiger charge is 2.21. The fourth-order valence-electron chi connectivity index (χ4n) is 2.37. The minimum atomic E-state index is 0.0265. The Morgan fingerprint density at radius 1 is 1.25 bits per heavy atom. The lowest BCUT2D eigenvalue weighted by Gasteiger charge is -2.20. The molecule has 1 aromatic heterocycles. The van der Waals surface area contributed by atoms with Crippen LogP contribution in [-0.2, 0) is 12.0 Å². The van der Waals surface area contributed by atoms with E-state index in [2.05, 4.69) is 45.1 Å². The predicted octanol–water partition coefficient (Wildman–Crippen LogP) is 4.24. The summed E-state index contributed by atoms with van der Waals surface area (Å²) in [4.78, 5) is 0. The highest BCUT2D eigenvalue weighted by atomic mass is 16.5. The molecular weight excluding hydrogens is 250 g/mol. The maximum atomic E-state index is 5.84. The lowest BCUT2D eigenvalue weighted by molar-refractivity contribution is 0.413. The first-order chi connectivity index (χ1) is 9.47. The quantitative estimate of drug-likeness (QED) is 0.829. The second-order valence-corrected chi connectivity index (χ2v) is 6.24. The number of fused-ring (bicyclic) bond motifs is 1.